The number of halogens is 2. The number of para-hydroxylation sites is 1. The van der Waals surface area contributed by atoms with Crippen LogP contribution in [0.1, 0.15) is 0 Å². The summed E-state index contributed by atoms with van der Waals surface area (Å²) in [7, 11) is 0. The van der Waals surface area contributed by atoms with E-state index in [0.717, 1.165) is 10.0 Å². The summed E-state index contributed by atoms with van der Waals surface area (Å²) in [6.07, 6.45) is 0. The Balaban J connectivity index is 2.42. The number of fused-ring (bicyclic) bond motifs is 1. The molecule has 2 nitrogen and oxygen atoms in total. The molecule has 0 saturated carbocycles. The molecular weight excluding hydrogens is 419 g/mol. The molecule has 4 heteroatoms. The number of hydrogen-bond donors (Lipinski definition) is 0. The Hall–Kier alpha value is -1.14. The standard InChI is InChI=1S/C15H8BrIO2/c16-11-8-4-7-10-13(18)12(17)14(19-15(10)11)9-5-2-1-3-6-9/h1-8H. The number of hydrogen-bond acceptors (Lipinski definition) is 2. The zero-order chi connectivity index (χ0) is 13.4. The van der Waals surface area contributed by atoms with E-state index in [1.54, 1.807) is 6.07 Å². The van der Waals surface area contributed by atoms with E-state index in [2.05, 4.69) is 15.9 Å². The molecule has 94 valence electrons. The summed E-state index contributed by atoms with van der Waals surface area (Å²) in [4.78, 5) is 12.4. The van der Waals surface area contributed by atoms with Crippen LogP contribution in [-0.2, 0) is 0 Å². The summed E-state index contributed by atoms with van der Waals surface area (Å²) < 4.78 is 7.33. The second-order valence-electron chi connectivity index (χ2n) is 4.06. The Morgan fingerprint density at radius 1 is 1.00 bits per heavy atom. The zero-order valence-electron chi connectivity index (χ0n) is 9.69. The molecule has 0 radical (unpaired) electrons. The van der Waals surface area contributed by atoms with Crippen LogP contribution in [0.5, 0.6) is 0 Å². The van der Waals surface area contributed by atoms with Gasteiger partial charge in [-0.05, 0) is 50.7 Å². The maximum Gasteiger partial charge on any atom is 0.206 e. The van der Waals surface area contributed by atoms with Crippen LogP contribution in [0.4, 0.5) is 0 Å². The summed E-state index contributed by atoms with van der Waals surface area (Å²) in [5.41, 5.74) is 1.50. The highest BCUT2D eigenvalue weighted by Gasteiger charge is 2.14. The first kappa shape index (κ1) is 12.9. The van der Waals surface area contributed by atoms with Crippen LogP contribution < -0.4 is 5.43 Å². The Kier molecular flexibility index (Phi) is 3.45. The van der Waals surface area contributed by atoms with Crippen molar-refractivity contribution in [1.29, 1.82) is 0 Å². The highest BCUT2D eigenvalue weighted by molar-refractivity contribution is 14.1. The molecule has 3 aromatic rings. The Morgan fingerprint density at radius 3 is 2.47 bits per heavy atom. The summed E-state index contributed by atoms with van der Waals surface area (Å²) in [6, 6.07) is 15.1. The maximum absolute atomic E-state index is 12.4. The molecule has 1 heterocycles. The first-order valence-corrected chi connectivity index (χ1v) is 7.52. The Morgan fingerprint density at radius 2 is 1.74 bits per heavy atom. The minimum absolute atomic E-state index is 0.00185. The minimum atomic E-state index is 0.00185. The zero-order valence-corrected chi connectivity index (χ0v) is 13.4. The molecule has 19 heavy (non-hydrogen) atoms. The minimum Gasteiger partial charge on any atom is -0.454 e. The van der Waals surface area contributed by atoms with Crippen LogP contribution in [0.3, 0.4) is 0 Å². The van der Waals surface area contributed by atoms with Gasteiger partial charge in [0.15, 0.2) is 11.3 Å². The van der Waals surface area contributed by atoms with E-state index >= 15 is 0 Å². The van der Waals surface area contributed by atoms with Gasteiger partial charge in [-0.25, -0.2) is 0 Å². The normalized spacial score (nSPS) is 10.8. The molecule has 0 N–H and O–H groups in total. The lowest BCUT2D eigenvalue weighted by Crippen LogP contribution is -2.07. The fourth-order valence-electron chi connectivity index (χ4n) is 1.93. The van der Waals surface area contributed by atoms with Gasteiger partial charge in [0.25, 0.3) is 0 Å². The van der Waals surface area contributed by atoms with Gasteiger partial charge in [-0.1, -0.05) is 36.4 Å². The largest absolute Gasteiger partial charge is 0.454 e. The molecule has 0 atom stereocenters. The molecule has 0 aliphatic heterocycles. The summed E-state index contributed by atoms with van der Waals surface area (Å²) in [5, 5.41) is 0.596. The van der Waals surface area contributed by atoms with Gasteiger partial charge >= 0.3 is 0 Å². The van der Waals surface area contributed by atoms with E-state index in [4.69, 9.17) is 4.42 Å². The number of rotatable bonds is 1. The third kappa shape index (κ3) is 2.23. The molecule has 3 rings (SSSR count). The van der Waals surface area contributed by atoms with Crippen molar-refractivity contribution in [2.45, 2.75) is 0 Å². The highest BCUT2D eigenvalue weighted by Crippen LogP contribution is 2.30. The molecule has 0 bridgehead atoms. The van der Waals surface area contributed by atoms with E-state index in [0.29, 0.717) is 20.3 Å². The smallest absolute Gasteiger partial charge is 0.206 e. The summed E-state index contributed by atoms with van der Waals surface area (Å²) in [6.45, 7) is 0. The topological polar surface area (TPSA) is 30.2 Å². The van der Waals surface area contributed by atoms with Gasteiger partial charge in [0.2, 0.25) is 5.43 Å². The van der Waals surface area contributed by atoms with E-state index in [1.807, 2.05) is 65.1 Å². The van der Waals surface area contributed by atoms with Crippen molar-refractivity contribution < 1.29 is 4.42 Å². The van der Waals surface area contributed by atoms with Crippen molar-refractivity contribution >= 4 is 49.5 Å². The van der Waals surface area contributed by atoms with Crippen LogP contribution in [0.15, 0.2) is 62.2 Å². The van der Waals surface area contributed by atoms with Gasteiger partial charge in [-0.15, -0.1) is 0 Å². The average Bonchev–Trinajstić information content (AvgIpc) is 2.44. The molecular formula is C15H8BrIO2. The van der Waals surface area contributed by atoms with Crippen molar-refractivity contribution in [2.75, 3.05) is 0 Å². The second kappa shape index (κ2) is 5.09. The molecule has 0 unspecified atom stereocenters. The third-order valence-corrected chi connectivity index (χ3v) is 4.45. The van der Waals surface area contributed by atoms with Gasteiger partial charge in [0.05, 0.1) is 9.86 Å². The monoisotopic (exact) mass is 426 g/mol. The van der Waals surface area contributed by atoms with Crippen molar-refractivity contribution in [3.05, 3.63) is 66.8 Å². The van der Waals surface area contributed by atoms with E-state index in [1.165, 1.54) is 0 Å². The Labute approximate surface area is 131 Å². The van der Waals surface area contributed by atoms with Crippen molar-refractivity contribution in [3.8, 4) is 11.3 Å². The lowest BCUT2D eigenvalue weighted by Gasteiger charge is -2.06. The van der Waals surface area contributed by atoms with Crippen LogP contribution in [0, 0.1) is 3.57 Å². The second-order valence-corrected chi connectivity index (χ2v) is 5.99. The number of benzene rings is 2. The van der Waals surface area contributed by atoms with E-state index in [-0.39, 0.29) is 5.43 Å². The van der Waals surface area contributed by atoms with Crippen molar-refractivity contribution in [3.63, 3.8) is 0 Å². The lowest BCUT2D eigenvalue weighted by molar-refractivity contribution is 0.613. The van der Waals surface area contributed by atoms with Gasteiger partial charge in [0, 0.05) is 5.56 Å². The first-order valence-electron chi connectivity index (χ1n) is 5.65. The van der Waals surface area contributed by atoms with Crippen LogP contribution >= 0.6 is 38.5 Å². The van der Waals surface area contributed by atoms with Crippen LogP contribution in [-0.4, -0.2) is 0 Å². The molecule has 0 aliphatic carbocycles. The van der Waals surface area contributed by atoms with E-state index in [9.17, 15) is 4.79 Å². The molecule has 0 fully saturated rings. The predicted octanol–water partition coefficient (Wildman–Crippen LogP) is 4.83. The maximum atomic E-state index is 12.4. The Bertz CT molecular complexity index is 809. The van der Waals surface area contributed by atoms with Crippen molar-refractivity contribution in [1.82, 2.24) is 0 Å². The van der Waals surface area contributed by atoms with E-state index < -0.39 is 0 Å². The fraction of sp³-hybridized carbons (Fsp3) is 0. The average molecular weight is 427 g/mol. The molecule has 0 spiro atoms. The lowest BCUT2D eigenvalue weighted by atomic mass is 10.1. The first-order chi connectivity index (χ1) is 9.18. The quantitative estimate of drug-likeness (QED) is 0.522. The van der Waals surface area contributed by atoms with Gasteiger partial charge < -0.3 is 4.42 Å². The third-order valence-electron chi connectivity index (χ3n) is 2.85. The van der Waals surface area contributed by atoms with Crippen molar-refractivity contribution in [2.24, 2.45) is 0 Å². The summed E-state index contributed by atoms with van der Waals surface area (Å²) in [5.74, 6) is 0.616. The fourth-order valence-corrected chi connectivity index (χ4v) is 3.09. The van der Waals surface area contributed by atoms with Gasteiger partial charge in [0.1, 0.15) is 3.57 Å². The van der Waals surface area contributed by atoms with Gasteiger partial charge in [-0.3, -0.25) is 4.79 Å². The molecule has 0 amide bonds. The molecule has 0 aliphatic rings. The van der Waals surface area contributed by atoms with Crippen LogP contribution in [0.25, 0.3) is 22.3 Å². The van der Waals surface area contributed by atoms with Crippen LogP contribution in [0.2, 0.25) is 0 Å². The van der Waals surface area contributed by atoms with Gasteiger partial charge in [-0.2, -0.15) is 0 Å². The summed E-state index contributed by atoms with van der Waals surface area (Å²) >= 11 is 5.47. The molecule has 2 aromatic carbocycles. The molecule has 1 aromatic heterocycles. The highest BCUT2D eigenvalue weighted by atomic mass is 127. The predicted molar refractivity (Wildman–Crippen MR) is 88.3 cm³/mol. The SMILES string of the molecule is O=c1c(I)c(-c2ccccc2)oc2c(Br)cccc12. The molecule has 0 saturated heterocycles.